The third-order valence-electron chi connectivity index (χ3n) is 7.55. The number of rotatable bonds is 4. The number of halogens is 1. The van der Waals surface area contributed by atoms with Gasteiger partial charge in [0.05, 0.1) is 5.69 Å². The molecule has 0 aliphatic heterocycles. The lowest BCUT2D eigenvalue weighted by atomic mass is 9.68. The van der Waals surface area contributed by atoms with Gasteiger partial charge in [0.25, 0.3) is 0 Å². The molecule has 0 N–H and O–H groups in total. The van der Waals surface area contributed by atoms with E-state index in [0.717, 1.165) is 53.6 Å². The number of nitrogens with zero attached hydrogens (tertiary/aromatic N) is 1. The van der Waals surface area contributed by atoms with Crippen molar-refractivity contribution in [3.63, 3.8) is 0 Å². The first kappa shape index (κ1) is 21.8. The molecule has 1 fully saturated rings. The second-order valence-electron chi connectivity index (χ2n) is 10.9. The number of benzene rings is 1. The molecule has 2 aliphatic carbocycles. The molecule has 0 amide bonds. The predicted octanol–water partition coefficient (Wildman–Crippen LogP) is 8.91. The zero-order valence-corrected chi connectivity index (χ0v) is 20.6. The molecule has 3 aromatic rings. The van der Waals surface area contributed by atoms with Gasteiger partial charge in [-0.3, -0.25) is 4.98 Å². The maximum atomic E-state index is 16.6. The van der Waals surface area contributed by atoms with Crippen molar-refractivity contribution in [3.8, 4) is 11.1 Å². The van der Waals surface area contributed by atoms with Gasteiger partial charge in [-0.05, 0) is 83.0 Å². The molecule has 0 spiro atoms. The van der Waals surface area contributed by atoms with E-state index in [0.29, 0.717) is 11.8 Å². The molecule has 2 atom stereocenters. The fourth-order valence-corrected chi connectivity index (χ4v) is 6.84. The average molecular weight is 448 g/mol. The van der Waals surface area contributed by atoms with Gasteiger partial charge in [0, 0.05) is 17.2 Å². The Kier molecular flexibility index (Phi) is 5.73. The van der Waals surface area contributed by atoms with Crippen molar-refractivity contribution in [1.29, 1.82) is 0 Å². The van der Waals surface area contributed by atoms with Crippen LogP contribution in [-0.4, -0.2) is 4.98 Å². The minimum Gasteiger partial charge on any atom is -0.257 e. The van der Waals surface area contributed by atoms with E-state index in [1.54, 1.807) is 11.3 Å². The van der Waals surface area contributed by atoms with Crippen molar-refractivity contribution in [2.75, 3.05) is 0 Å². The predicted molar refractivity (Wildman–Crippen MR) is 133 cm³/mol. The second kappa shape index (κ2) is 8.41. The number of aryl methyl sites for hydroxylation is 1. The Morgan fingerprint density at radius 3 is 2.47 bits per heavy atom. The zero-order valence-electron chi connectivity index (χ0n) is 19.7. The van der Waals surface area contributed by atoms with Gasteiger partial charge in [0.15, 0.2) is 6.17 Å². The first-order chi connectivity index (χ1) is 15.3. The van der Waals surface area contributed by atoms with E-state index in [1.807, 2.05) is 24.3 Å². The van der Waals surface area contributed by atoms with E-state index in [-0.39, 0.29) is 5.41 Å². The van der Waals surface area contributed by atoms with Crippen molar-refractivity contribution in [2.45, 2.75) is 84.2 Å². The summed E-state index contributed by atoms with van der Waals surface area (Å²) in [6.07, 6.45) is 5.64. The minimum absolute atomic E-state index is 0.228. The molecule has 168 valence electrons. The summed E-state index contributed by atoms with van der Waals surface area (Å²) in [5.41, 5.74) is 8.87. The first-order valence-corrected chi connectivity index (χ1v) is 13.1. The highest BCUT2D eigenvalue weighted by atomic mass is 32.1. The van der Waals surface area contributed by atoms with Crippen LogP contribution in [0.5, 0.6) is 0 Å². The summed E-state index contributed by atoms with van der Waals surface area (Å²) < 4.78 is 16.6. The van der Waals surface area contributed by atoms with Gasteiger partial charge in [0.1, 0.15) is 0 Å². The Morgan fingerprint density at radius 1 is 1.09 bits per heavy atom. The molecule has 1 saturated carbocycles. The van der Waals surface area contributed by atoms with Gasteiger partial charge in [-0.15, -0.1) is 0 Å². The Hall–Kier alpha value is -2.00. The molecule has 1 nitrogen and oxygen atoms in total. The maximum Gasteiger partial charge on any atom is 0.153 e. The van der Waals surface area contributed by atoms with Gasteiger partial charge >= 0.3 is 0 Å². The summed E-state index contributed by atoms with van der Waals surface area (Å²) in [7, 11) is 0. The van der Waals surface area contributed by atoms with Crippen LogP contribution in [0.2, 0.25) is 0 Å². The standard InChI is InChI=1S/C29H34FNS/c1-18-9-11-20(12-10-18)27(30)26-25(22-13-14-32-17-22)24-19(2)15-29(3,4)16-23(24)31-28(26)21-7-5-6-8-21/h9-14,17,19,21,27H,5-8,15-16H2,1-4H3/t19-,27-/m0/s1. The van der Waals surface area contributed by atoms with Gasteiger partial charge in [-0.2, -0.15) is 11.3 Å². The Balaban J connectivity index is 1.80. The van der Waals surface area contributed by atoms with Gasteiger partial charge < -0.3 is 0 Å². The number of hydrogen-bond donors (Lipinski definition) is 0. The minimum atomic E-state index is -1.15. The Morgan fingerprint density at radius 2 is 1.81 bits per heavy atom. The van der Waals surface area contributed by atoms with Crippen LogP contribution >= 0.6 is 11.3 Å². The molecule has 2 heterocycles. The van der Waals surface area contributed by atoms with E-state index in [2.05, 4.69) is 44.5 Å². The summed E-state index contributed by atoms with van der Waals surface area (Å²) in [4.78, 5) is 5.34. The fraction of sp³-hybridized carbons (Fsp3) is 0.483. The first-order valence-electron chi connectivity index (χ1n) is 12.1. The van der Waals surface area contributed by atoms with Gasteiger partial charge in [0.2, 0.25) is 0 Å². The number of hydrogen-bond acceptors (Lipinski definition) is 2. The molecule has 2 aliphatic rings. The van der Waals surface area contributed by atoms with Crippen LogP contribution in [0.3, 0.4) is 0 Å². The van der Waals surface area contributed by atoms with Crippen molar-refractivity contribution >= 4 is 11.3 Å². The fourth-order valence-electron chi connectivity index (χ4n) is 6.19. The molecule has 0 bridgehead atoms. The van der Waals surface area contributed by atoms with Crippen LogP contribution in [0, 0.1) is 12.3 Å². The maximum absolute atomic E-state index is 16.6. The van der Waals surface area contributed by atoms with Crippen molar-refractivity contribution in [1.82, 2.24) is 4.98 Å². The van der Waals surface area contributed by atoms with Crippen LogP contribution in [-0.2, 0) is 6.42 Å². The number of alkyl halides is 1. The summed E-state index contributed by atoms with van der Waals surface area (Å²) in [5.74, 6) is 0.745. The Labute approximate surface area is 196 Å². The number of aromatic nitrogens is 1. The molecular weight excluding hydrogens is 413 g/mol. The smallest absolute Gasteiger partial charge is 0.153 e. The summed E-state index contributed by atoms with van der Waals surface area (Å²) in [5, 5.41) is 4.32. The lowest BCUT2D eigenvalue weighted by molar-refractivity contribution is 0.283. The number of thiophene rings is 1. The molecule has 5 rings (SSSR count). The summed E-state index contributed by atoms with van der Waals surface area (Å²) in [6.45, 7) is 9.08. The molecule has 32 heavy (non-hydrogen) atoms. The normalized spacial score (nSPS) is 21.5. The van der Waals surface area contributed by atoms with E-state index < -0.39 is 6.17 Å². The van der Waals surface area contributed by atoms with Crippen molar-refractivity contribution in [2.24, 2.45) is 5.41 Å². The average Bonchev–Trinajstić information content (AvgIpc) is 3.46. The lowest BCUT2D eigenvalue weighted by Crippen LogP contribution is -2.28. The third-order valence-corrected chi connectivity index (χ3v) is 8.24. The highest BCUT2D eigenvalue weighted by Gasteiger charge is 2.38. The highest BCUT2D eigenvalue weighted by molar-refractivity contribution is 7.08. The Bertz CT molecular complexity index is 1090. The monoisotopic (exact) mass is 447 g/mol. The van der Waals surface area contributed by atoms with Crippen LogP contribution in [0.1, 0.15) is 105 Å². The molecule has 0 unspecified atom stereocenters. The highest BCUT2D eigenvalue weighted by Crippen LogP contribution is 2.51. The quantitative estimate of drug-likeness (QED) is 0.389. The van der Waals surface area contributed by atoms with E-state index in [1.165, 1.54) is 29.7 Å². The van der Waals surface area contributed by atoms with Crippen molar-refractivity contribution < 1.29 is 4.39 Å². The molecule has 2 aromatic heterocycles. The van der Waals surface area contributed by atoms with Gasteiger partial charge in [-0.25, -0.2) is 4.39 Å². The number of fused-ring (bicyclic) bond motifs is 1. The van der Waals surface area contributed by atoms with Gasteiger partial charge in [-0.1, -0.05) is 63.4 Å². The van der Waals surface area contributed by atoms with Crippen LogP contribution in [0.25, 0.3) is 11.1 Å². The summed E-state index contributed by atoms with van der Waals surface area (Å²) in [6, 6.07) is 10.1. The topological polar surface area (TPSA) is 12.9 Å². The summed E-state index contributed by atoms with van der Waals surface area (Å²) >= 11 is 1.70. The molecule has 0 saturated heterocycles. The van der Waals surface area contributed by atoms with E-state index in [4.69, 9.17) is 4.98 Å². The van der Waals surface area contributed by atoms with Crippen LogP contribution in [0.15, 0.2) is 41.1 Å². The number of pyridine rings is 1. The van der Waals surface area contributed by atoms with Crippen LogP contribution in [0.4, 0.5) is 4.39 Å². The molecule has 0 radical (unpaired) electrons. The van der Waals surface area contributed by atoms with E-state index >= 15 is 4.39 Å². The lowest BCUT2D eigenvalue weighted by Gasteiger charge is -2.38. The van der Waals surface area contributed by atoms with Crippen molar-refractivity contribution in [3.05, 3.63) is 74.7 Å². The molecule has 3 heteroatoms. The SMILES string of the molecule is Cc1ccc([C@H](F)c2c(C3CCCC3)nc3c(c2-c2ccsc2)[C@@H](C)CC(C)(C)C3)cc1. The second-order valence-corrected chi connectivity index (χ2v) is 11.6. The molecule has 1 aromatic carbocycles. The van der Waals surface area contributed by atoms with E-state index in [9.17, 15) is 0 Å². The molecular formula is C29H34FNS. The largest absolute Gasteiger partial charge is 0.257 e. The third kappa shape index (κ3) is 3.94. The zero-order chi connectivity index (χ0) is 22.5. The van der Waals surface area contributed by atoms with Crippen LogP contribution < -0.4 is 0 Å².